The number of rotatable bonds is 21. The standard InChI is InChI=1S/C31H46N2O3/c1-2-3-4-5-10-13-16-27-18-20-28(21-19-27)32-33-29-22-24-30(25-23-29)36-26-15-12-9-7-6-8-11-14-17-31(34)35/h18-25H,2-17,26H2,1H3,(H,34,35). The minimum absolute atomic E-state index is 0.300. The van der Waals surface area contributed by atoms with E-state index in [1.807, 2.05) is 36.4 Å². The van der Waals surface area contributed by atoms with Gasteiger partial charge in [-0.2, -0.15) is 10.2 Å². The van der Waals surface area contributed by atoms with Crippen LogP contribution < -0.4 is 4.74 Å². The summed E-state index contributed by atoms with van der Waals surface area (Å²) in [5.41, 5.74) is 3.07. The molecule has 0 aromatic heterocycles. The van der Waals surface area contributed by atoms with Gasteiger partial charge in [-0.3, -0.25) is 4.79 Å². The van der Waals surface area contributed by atoms with Crippen LogP contribution in [0.3, 0.4) is 0 Å². The first-order valence-corrected chi connectivity index (χ1v) is 14.1. The number of aryl methyl sites for hydroxylation is 1. The molecule has 0 aliphatic rings. The molecule has 0 aliphatic heterocycles. The van der Waals surface area contributed by atoms with Crippen LogP contribution in [0.4, 0.5) is 11.4 Å². The third-order valence-electron chi connectivity index (χ3n) is 6.43. The fraction of sp³-hybridized carbons (Fsp3) is 0.581. The van der Waals surface area contributed by atoms with Crippen LogP contribution in [0.2, 0.25) is 0 Å². The summed E-state index contributed by atoms with van der Waals surface area (Å²) in [5.74, 6) is 0.180. The average molecular weight is 495 g/mol. The van der Waals surface area contributed by atoms with E-state index in [2.05, 4.69) is 29.3 Å². The van der Waals surface area contributed by atoms with E-state index in [-0.39, 0.29) is 0 Å². The van der Waals surface area contributed by atoms with Gasteiger partial charge in [-0.25, -0.2) is 0 Å². The van der Waals surface area contributed by atoms with Crippen molar-refractivity contribution in [3.05, 3.63) is 54.1 Å². The highest BCUT2D eigenvalue weighted by Crippen LogP contribution is 2.22. The van der Waals surface area contributed by atoms with Crippen molar-refractivity contribution < 1.29 is 14.6 Å². The molecule has 0 heterocycles. The number of aliphatic carboxylic acids is 1. The van der Waals surface area contributed by atoms with Crippen LogP contribution in [-0.4, -0.2) is 17.7 Å². The zero-order valence-corrected chi connectivity index (χ0v) is 22.3. The Morgan fingerprint density at radius 2 is 1.17 bits per heavy atom. The van der Waals surface area contributed by atoms with Gasteiger partial charge in [0.1, 0.15) is 5.75 Å². The summed E-state index contributed by atoms with van der Waals surface area (Å²) in [7, 11) is 0. The molecule has 2 aromatic rings. The molecule has 1 N–H and O–H groups in total. The maximum absolute atomic E-state index is 10.5. The minimum atomic E-state index is -0.687. The number of carbonyl (C=O) groups is 1. The van der Waals surface area contributed by atoms with E-state index < -0.39 is 5.97 Å². The fourth-order valence-corrected chi connectivity index (χ4v) is 4.19. The number of hydrogen-bond acceptors (Lipinski definition) is 4. The van der Waals surface area contributed by atoms with E-state index in [1.165, 1.54) is 69.8 Å². The minimum Gasteiger partial charge on any atom is -0.494 e. The van der Waals surface area contributed by atoms with Crippen molar-refractivity contribution in [1.82, 2.24) is 0 Å². The Balaban J connectivity index is 1.55. The van der Waals surface area contributed by atoms with Crippen molar-refractivity contribution in [2.24, 2.45) is 10.2 Å². The van der Waals surface area contributed by atoms with Gasteiger partial charge in [0.2, 0.25) is 0 Å². The SMILES string of the molecule is CCCCCCCCc1ccc(N=Nc2ccc(OCCCCCCCCCCC(=O)O)cc2)cc1. The highest BCUT2D eigenvalue weighted by Gasteiger charge is 1.99. The van der Waals surface area contributed by atoms with E-state index in [0.717, 1.165) is 55.8 Å². The van der Waals surface area contributed by atoms with Crippen molar-refractivity contribution in [2.75, 3.05) is 6.61 Å². The van der Waals surface area contributed by atoms with Gasteiger partial charge in [0, 0.05) is 6.42 Å². The lowest BCUT2D eigenvalue weighted by atomic mass is 10.0. The zero-order valence-electron chi connectivity index (χ0n) is 22.3. The molecular weight excluding hydrogens is 448 g/mol. The van der Waals surface area contributed by atoms with Crippen molar-refractivity contribution in [3.8, 4) is 5.75 Å². The summed E-state index contributed by atoms with van der Waals surface area (Å²) in [4.78, 5) is 10.5. The Labute approximate surface area is 218 Å². The van der Waals surface area contributed by atoms with E-state index in [1.54, 1.807) is 0 Å². The zero-order chi connectivity index (χ0) is 25.7. The molecule has 0 amide bonds. The van der Waals surface area contributed by atoms with Gasteiger partial charge < -0.3 is 9.84 Å². The third-order valence-corrected chi connectivity index (χ3v) is 6.43. The molecule has 198 valence electrons. The number of azo groups is 1. The Bertz CT molecular complexity index is 847. The second-order valence-corrected chi connectivity index (χ2v) is 9.70. The number of benzene rings is 2. The van der Waals surface area contributed by atoms with Gasteiger partial charge in [0.15, 0.2) is 0 Å². The summed E-state index contributed by atoms with van der Waals surface area (Å²) in [6, 6.07) is 16.2. The van der Waals surface area contributed by atoms with E-state index in [9.17, 15) is 4.79 Å². The van der Waals surface area contributed by atoms with Crippen LogP contribution in [0, 0.1) is 0 Å². The number of ether oxygens (including phenoxy) is 1. The Kier molecular flexibility index (Phi) is 16.0. The summed E-state index contributed by atoms with van der Waals surface area (Å²) in [5, 5.41) is 17.4. The summed E-state index contributed by atoms with van der Waals surface area (Å²) in [6.07, 6.45) is 18.2. The Hall–Kier alpha value is -2.69. The maximum atomic E-state index is 10.5. The molecule has 0 spiro atoms. The molecule has 0 bridgehead atoms. The molecule has 36 heavy (non-hydrogen) atoms. The molecule has 2 aromatic carbocycles. The van der Waals surface area contributed by atoms with Crippen LogP contribution in [0.15, 0.2) is 58.8 Å². The van der Waals surface area contributed by atoms with Crippen molar-refractivity contribution in [3.63, 3.8) is 0 Å². The van der Waals surface area contributed by atoms with E-state index in [0.29, 0.717) is 6.42 Å². The van der Waals surface area contributed by atoms with Crippen LogP contribution in [0.25, 0.3) is 0 Å². The number of unbranched alkanes of at least 4 members (excludes halogenated alkanes) is 12. The van der Waals surface area contributed by atoms with Gasteiger partial charge >= 0.3 is 5.97 Å². The monoisotopic (exact) mass is 494 g/mol. The maximum Gasteiger partial charge on any atom is 0.303 e. The quantitative estimate of drug-likeness (QED) is 0.139. The normalized spacial score (nSPS) is 11.2. The topological polar surface area (TPSA) is 71.2 Å². The first-order chi connectivity index (χ1) is 17.7. The van der Waals surface area contributed by atoms with Crippen LogP contribution in [0.5, 0.6) is 5.75 Å². The lowest BCUT2D eigenvalue weighted by Gasteiger charge is -2.06. The molecule has 0 saturated carbocycles. The highest BCUT2D eigenvalue weighted by atomic mass is 16.5. The highest BCUT2D eigenvalue weighted by molar-refractivity contribution is 5.66. The van der Waals surface area contributed by atoms with Crippen molar-refractivity contribution >= 4 is 17.3 Å². The van der Waals surface area contributed by atoms with Crippen LogP contribution in [-0.2, 0) is 11.2 Å². The number of carboxylic acids is 1. The number of nitrogens with zero attached hydrogens (tertiary/aromatic N) is 2. The van der Waals surface area contributed by atoms with Crippen molar-refractivity contribution in [2.45, 2.75) is 110 Å². The summed E-state index contributed by atoms with van der Waals surface area (Å²) < 4.78 is 5.85. The third kappa shape index (κ3) is 14.7. The summed E-state index contributed by atoms with van der Waals surface area (Å²) >= 11 is 0. The lowest BCUT2D eigenvalue weighted by molar-refractivity contribution is -0.137. The van der Waals surface area contributed by atoms with Crippen LogP contribution in [0.1, 0.15) is 109 Å². The van der Waals surface area contributed by atoms with Gasteiger partial charge in [-0.15, -0.1) is 0 Å². The number of carboxylic acid groups (broad SMARTS) is 1. The first-order valence-electron chi connectivity index (χ1n) is 14.1. The molecule has 0 fully saturated rings. The average Bonchev–Trinajstić information content (AvgIpc) is 2.89. The largest absolute Gasteiger partial charge is 0.494 e. The molecule has 5 nitrogen and oxygen atoms in total. The molecule has 0 aliphatic carbocycles. The van der Waals surface area contributed by atoms with Gasteiger partial charge in [-0.1, -0.05) is 89.7 Å². The van der Waals surface area contributed by atoms with E-state index >= 15 is 0 Å². The Morgan fingerprint density at radius 1 is 0.667 bits per heavy atom. The van der Waals surface area contributed by atoms with E-state index in [4.69, 9.17) is 9.84 Å². The Morgan fingerprint density at radius 3 is 1.75 bits per heavy atom. The molecule has 0 atom stereocenters. The van der Waals surface area contributed by atoms with Crippen LogP contribution >= 0.6 is 0 Å². The number of hydrogen-bond donors (Lipinski definition) is 1. The lowest BCUT2D eigenvalue weighted by Crippen LogP contribution is -1.97. The molecular formula is C31H46N2O3. The molecule has 0 saturated heterocycles. The second kappa shape index (κ2) is 19.5. The molecule has 0 radical (unpaired) electrons. The van der Waals surface area contributed by atoms with Crippen molar-refractivity contribution in [1.29, 1.82) is 0 Å². The first kappa shape index (κ1) is 29.5. The predicted molar refractivity (Wildman–Crippen MR) is 149 cm³/mol. The smallest absolute Gasteiger partial charge is 0.303 e. The molecule has 2 rings (SSSR count). The summed E-state index contributed by atoms with van der Waals surface area (Å²) in [6.45, 7) is 2.98. The second-order valence-electron chi connectivity index (χ2n) is 9.70. The molecule has 0 unspecified atom stereocenters. The molecule has 5 heteroatoms. The van der Waals surface area contributed by atoms with Gasteiger partial charge in [0.25, 0.3) is 0 Å². The predicted octanol–water partition coefficient (Wildman–Crippen LogP) is 9.98. The van der Waals surface area contributed by atoms with Gasteiger partial charge in [-0.05, 0) is 67.6 Å². The van der Waals surface area contributed by atoms with Gasteiger partial charge in [0.05, 0.1) is 18.0 Å². The fourth-order valence-electron chi connectivity index (χ4n) is 4.19.